The van der Waals surface area contributed by atoms with Crippen LogP contribution in [0.15, 0.2) is 0 Å². The van der Waals surface area contributed by atoms with E-state index in [0.717, 1.165) is 12.8 Å². The topological polar surface area (TPSA) is 46.5 Å². The van der Waals surface area contributed by atoms with Crippen LogP contribution in [0.4, 0.5) is 0 Å². The van der Waals surface area contributed by atoms with Gasteiger partial charge in [-0.2, -0.15) is 0 Å². The van der Waals surface area contributed by atoms with Gasteiger partial charge in [0.2, 0.25) is 0 Å². The standard InChI is InChI=1S/C10H14O3/c1-10-3-5(2-7(10)11)6-4-13-9(12)8(6)10/h5-8,11H,2-4H2,1H3. The van der Waals surface area contributed by atoms with Crippen molar-refractivity contribution >= 4 is 5.97 Å². The maximum absolute atomic E-state index is 11.5. The molecule has 5 unspecified atom stereocenters. The SMILES string of the molecule is CC12CC(CC1O)C1COC(=O)C12. The molecule has 2 saturated carbocycles. The molecule has 0 radical (unpaired) electrons. The largest absolute Gasteiger partial charge is 0.465 e. The summed E-state index contributed by atoms with van der Waals surface area (Å²) in [5.74, 6) is 0.840. The van der Waals surface area contributed by atoms with Gasteiger partial charge in [-0.05, 0) is 18.8 Å². The van der Waals surface area contributed by atoms with Gasteiger partial charge >= 0.3 is 5.97 Å². The zero-order valence-corrected chi connectivity index (χ0v) is 7.69. The molecule has 3 heteroatoms. The number of fused-ring (bicyclic) bond motifs is 5. The Morgan fingerprint density at radius 2 is 2.38 bits per heavy atom. The fourth-order valence-electron chi connectivity index (χ4n) is 3.71. The molecule has 1 heterocycles. The minimum atomic E-state index is -0.288. The van der Waals surface area contributed by atoms with Gasteiger partial charge in [0.15, 0.2) is 0 Å². The maximum Gasteiger partial charge on any atom is 0.310 e. The average Bonchev–Trinajstić information content (AvgIpc) is 2.63. The lowest BCUT2D eigenvalue weighted by Gasteiger charge is -2.33. The summed E-state index contributed by atoms with van der Waals surface area (Å²) in [4.78, 5) is 11.5. The third kappa shape index (κ3) is 0.725. The van der Waals surface area contributed by atoms with Crippen LogP contribution in [0, 0.1) is 23.2 Å². The van der Waals surface area contributed by atoms with Crippen molar-refractivity contribution in [3.05, 3.63) is 0 Å². The molecule has 0 spiro atoms. The second-order valence-electron chi connectivity index (χ2n) is 4.99. The Morgan fingerprint density at radius 3 is 3.15 bits per heavy atom. The number of hydrogen-bond acceptors (Lipinski definition) is 3. The van der Waals surface area contributed by atoms with Gasteiger partial charge in [-0.1, -0.05) is 6.92 Å². The number of hydrogen-bond donors (Lipinski definition) is 1. The summed E-state index contributed by atoms with van der Waals surface area (Å²) in [6.45, 7) is 2.63. The first kappa shape index (κ1) is 7.80. The predicted octanol–water partition coefficient (Wildman–Crippen LogP) is 0.566. The van der Waals surface area contributed by atoms with E-state index in [1.807, 2.05) is 6.92 Å². The first-order valence-corrected chi connectivity index (χ1v) is 4.97. The molecule has 1 N–H and O–H groups in total. The van der Waals surface area contributed by atoms with E-state index >= 15 is 0 Å². The molecule has 0 aromatic carbocycles. The van der Waals surface area contributed by atoms with E-state index < -0.39 is 0 Å². The summed E-state index contributed by atoms with van der Waals surface area (Å²) in [6, 6.07) is 0. The van der Waals surface area contributed by atoms with Gasteiger partial charge in [0.25, 0.3) is 0 Å². The third-order valence-corrected chi connectivity index (χ3v) is 4.41. The molecule has 0 aromatic heterocycles. The molecule has 3 nitrogen and oxygen atoms in total. The Morgan fingerprint density at radius 1 is 1.62 bits per heavy atom. The highest BCUT2D eigenvalue weighted by Gasteiger charge is 2.65. The number of esters is 1. The molecule has 0 amide bonds. The molecule has 3 fully saturated rings. The van der Waals surface area contributed by atoms with E-state index in [0.29, 0.717) is 18.4 Å². The smallest absolute Gasteiger partial charge is 0.310 e. The zero-order valence-electron chi connectivity index (χ0n) is 7.69. The molecule has 3 aliphatic rings. The van der Waals surface area contributed by atoms with Gasteiger partial charge in [-0.15, -0.1) is 0 Å². The van der Waals surface area contributed by atoms with Crippen molar-refractivity contribution in [3.8, 4) is 0 Å². The van der Waals surface area contributed by atoms with Gasteiger partial charge in [-0.3, -0.25) is 4.79 Å². The number of carbonyl (C=O) groups is 1. The van der Waals surface area contributed by atoms with Crippen molar-refractivity contribution in [3.63, 3.8) is 0 Å². The Hall–Kier alpha value is -0.570. The van der Waals surface area contributed by atoms with E-state index in [1.165, 1.54) is 0 Å². The molecule has 72 valence electrons. The van der Waals surface area contributed by atoms with E-state index in [-0.39, 0.29) is 23.4 Å². The van der Waals surface area contributed by atoms with E-state index in [4.69, 9.17) is 4.74 Å². The fourth-order valence-corrected chi connectivity index (χ4v) is 3.71. The Labute approximate surface area is 77.1 Å². The summed E-state index contributed by atoms with van der Waals surface area (Å²) in [5, 5.41) is 9.84. The van der Waals surface area contributed by atoms with E-state index in [2.05, 4.69) is 0 Å². The molecular formula is C10H14O3. The van der Waals surface area contributed by atoms with Crippen molar-refractivity contribution in [1.29, 1.82) is 0 Å². The predicted molar refractivity (Wildman–Crippen MR) is 44.8 cm³/mol. The first-order chi connectivity index (χ1) is 6.13. The lowest BCUT2D eigenvalue weighted by atomic mass is 9.71. The van der Waals surface area contributed by atoms with Crippen LogP contribution in [-0.4, -0.2) is 23.8 Å². The summed E-state index contributed by atoms with van der Waals surface area (Å²) in [7, 11) is 0. The highest BCUT2D eigenvalue weighted by Crippen LogP contribution is 2.62. The number of ether oxygens (including phenoxy) is 1. The van der Waals surface area contributed by atoms with Gasteiger partial charge in [0.05, 0.1) is 18.6 Å². The maximum atomic E-state index is 11.5. The molecule has 1 saturated heterocycles. The highest BCUT2D eigenvalue weighted by atomic mass is 16.5. The summed E-state index contributed by atoms with van der Waals surface area (Å²) < 4.78 is 5.06. The molecule has 2 aliphatic carbocycles. The Kier molecular flexibility index (Phi) is 1.25. The van der Waals surface area contributed by atoms with Crippen molar-refractivity contribution in [2.75, 3.05) is 6.61 Å². The molecule has 2 bridgehead atoms. The van der Waals surface area contributed by atoms with E-state index in [1.54, 1.807) is 0 Å². The minimum absolute atomic E-state index is 0.0127. The minimum Gasteiger partial charge on any atom is -0.465 e. The highest BCUT2D eigenvalue weighted by molar-refractivity contribution is 5.77. The van der Waals surface area contributed by atoms with E-state index in [9.17, 15) is 9.90 Å². The van der Waals surface area contributed by atoms with Crippen LogP contribution in [0.5, 0.6) is 0 Å². The molecule has 13 heavy (non-hydrogen) atoms. The number of carbonyl (C=O) groups excluding carboxylic acids is 1. The third-order valence-electron chi connectivity index (χ3n) is 4.41. The second-order valence-corrected chi connectivity index (χ2v) is 4.99. The van der Waals surface area contributed by atoms with Crippen LogP contribution >= 0.6 is 0 Å². The van der Waals surface area contributed by atoms with Crippen molar-refractivity contribution < 1.29 is 14.6 Å². The normalized spacial score (nSPS) is 58.2. The summed E-state index contributed by atoms with van der Waals surface area (Å²) in [5.41, 5.74) is -0.178. The quantitative estimate of drug-likeness (QED) is 0.557. The number of rotatable bonds is 0. The molecular weight excluding hydrogens is 168 g/mol. The fraction of sp³-hybridized carbons (Fsp3) is 0.900. The number of aliphatic hydroxyl groups is 1. The molecule has 3 rings (SSSR count). The van der Waals surface area contributed by atoms with Gasteiger partial charge in [-0.25, -0.2) is 0 Å². The second kappa shape index (κ2) is 2.08. The zero-order chi connectivity index (χ0) is 9.22. The Balaban J connectivity index is 2.03. The van der Waals surface area contributed by atoms with Gasteiger partial charge < -0.3 is 9.84 Å². The van der Waals surface area contributed by atoms with Crippen LogP contribution in [-0.2, 0) is 9.53 Å². The van der Waals surface area contributed by atoms with Crippen LogP contribution in [0.25, 0.3) is 0 Å². The van der Waals surface area contributed by atoms with Crippen molar-refractivity contribution in [1.82, 2.24) is 0 Å². The van der Waals surface area contributed by atoms with Crippen LogP contribution in [0.1, 0.15) is 19.8 Å². The van der Waals surface area contributed by atoms with Gasteiger partial charge in [0.1, 0.15) is 0 Å². The van der Waals surface area contributed by atoms with Gasteiger partial charge in [0, 0.05) is 11.3 Å². The lowest BCUT2D eigenvalue weighted by Crippen LogP contribution is -2.40. The Bertz CT molecular complexity index is 275. The molecule has 0 aromatic rings. The van der Waals surface area contributed by atoms with Crippen LogP contribution in [0.2, 0.25) is 0 Å². The summed E-state index contributed by atoms with van der Waals surface area (Å²) in [6.07, 6.45) is 1.59. The first-order valence-electron chi connectivity index (χ1n) is 4.97. The number of aliphatic hydroxyl groups excluding tert-OH is 1. The molecule has 5 atom stereocenters. The monoisotopic (exact) mass is 182 g/mol. The van der Waals surface area contributed by atoms with Crippen LogP contribution < -0.4 is 0 Å². The molecule has 1 aliphatic heterocycles. The van der Waals surface area contributed by atoms with Crippen LogP contribution in [0.3, 0.4) is 0 Å². The van der Waals surface area contributed by atoms with Crippen molar-refractivity contribution in [2.45, 2.75) is 25.9 Å². The lowest BCUT2D eigenvalue weighted by molar-refractivity contribution is -0.146. The number of cyclic esters (lactones) is 1. The summed E-state index contributed by atoms with van der Waals surface area (Å²) >= 11 is 0. The van der Waals surface area contributed by atoms with Crippen molar-refractivity contribution in [2.24, 2.45) is 23.2 Å². The average molecular weight is 182 g/mol.